The molecular weight excluding hydrogens is 1510 g/mol. The highest BCUT2D eigenvalue weighted by molar-refractivity contribution is 6.13. The molecule has 0 N–H and O–H groups in total. The second-order valence-electron chi connectivity index (χ2n) is 31.3. The van der Waals surface area contributed by atoms with Crippen LogP contribution < -0.4 is 0 Å². The van der Waals surface area contributed by atoms with Gasteiger partial charge in [0.2, 0.25) is 0 Å². The summed E-state index contributed by atoms with van der Waals surface area (Å²) in [6.07, 6.45) is 0. The van der Waals surface area contributed by atoms with E-state index < -0.39 is 0 Å². The molecule has 0 aliphatic carbocycles. The Bertz CT molecular complexity index is 8060. The van der Waals surface area contributed by atoms with Gasteiger partial charge in [-0.05, 0) is 94.7 Å². The van der Waals surface area contributed by atoms with Gasteiger partial charge in [-0.3, -0.25) is 0 Å². The molecule has 0 atom stereocenters. The molecule has 0 spiro atoms. The number of pyridine rings is 2. The standard InChI is InChI=1S/2C57H37N5/c1-4-17-39(18-5-1)53-36-43-23-10-11-26-46(43)56-54(40-19-6-2-7-20-40)55(60-62(53)56)41-33-31-38(32-34-41)49-37-50(59-57(58-49)42-21-8-3-9-22-42)44-24-16-25-45(35-44)61-51-29-14-12-27-47(51)48-28-13-15-30-52(48)61;1-4-16-40(17-5-1)53-36-44-22-10-11-23-46(44)56-54(41-18-6-2-7-19-41)55(60-62(53)56)42-30-28-38(29-31-42)49-37-50(59-57(58-49)43-20-8-3-9-21-43)39-32-34-45(35-33-39)61-51-26-14-12-24-47(51)48-25-13-15-27-52(48)61/h2*1-37H. The largest absolute Gasteiger partial charge is 0.309 e. The first-order valence-electron chi connectivity index (χ1n) is 41.9. The lowest BCUT2D eigenvalue weighted by molar-refractivity contribution is 0.979. The minimum absolute atomic E-state index is 0.677. The molecule has 0 unspecified atom stereocenters. The van der Waals surface area contributed by atoms with E-state index >= 15 is 0 Å². The zero-order chi connectivity index (χ0) is 82.0. The van der Waals surface area contributed by atoms with E-state index in [1.54, 1.807) is 0 Å². The van der Waals surface area contributed by atoms with Crippen molar-refractivity contribution < 1.29 is 0 Å². The van der Waals surface area contributed by atoms with Gasteiger partial charge in [0.15, 0.2) is 11.6 Å². The quantitative estimate of drug-likeness (QED) is 0.108. The fraction of sp³-hybridized carbons (Fsp3) is 0. The van der Waals surface area contributed by atoms with E-state index in [1.165, 1.54) is 54.4 Å². The molecule has 24 aromatic rings. The molecule has 10 heteroatoms. The first kappa shape index (κ1) is 72.4. The van der Waals surface area contributed by atoms with Gasteiger partial charge in [0, 0.05) is 110 Å². The summed E-state index contributed by atoms with van der Waals surface area (Å²) < 4.78 is 8.97. The van der Waals surface area contributed by atoms with E-state index in [0.29, 0.717) is 11.6 Å². The number of fused-ring (bicyclic) bond motifs is 12. The average molecular weight is 1580 g/mol. The Kier molecular flexibility index (Phi) is 18.0. The number of para-hydroxylation sites is 4. The molecule has 0 saturated heterocycles. The maximum Gasteiger partial charge on any atom is 0.160 e. The number of rotatable bonds is 14. The Morgan fingerprint density at radius 1 is 0.177 bits per heavy atom. The minimum atomic E-state index is 0.677. The zero-order valence-corrected chi connectivity index (χ0v) is 67.2. The fourth-order valence-corrected chi connectivity index (χ4v) is 18.1. The summed E-state index contributed by atoms with van der Waals surface area (Å²) in [5, 5.41) is 20.5. The van der Waals surface area contributed by atoms with Gasteiger partial charge < -0.3 is 9.13 Å². The van der Waals surface area contributed by atoms with Gasteiger partial charge in [0.1, 0.15) is 11.4 Å². The summed E-state index contributed by atoms with van der Waals surface area (Å²) >= 11 is 0. The summed E-state index contributed by atoms with van der Waals surface area (Å²) in [5.41, 5.74) is 31.1. The summed E-state index contributed by atoms with van der Waals surface area (Å²) in [6.45, 7) is 0. The average Bonchev–Trinajstić information content (AvgIpc) is 1.63. The molecule has 580 valence electrons. The van der Waals surface area contributed by atoms with Crippen molar-refractivity contribution in [1.29, 1.82) is 0 Å². The minimum Gasteiger partial charge on any atom is -0.309 e. The van der Waals surface area contributed by atoms with Crippen LogP contribution in [0.15, 0.2) is 449 Å². The SMILES string of the molecule is c1ccc(-c2nc(-c3ccc(-c4nn5c(-c6ccccc6)cc6ccccc6c5c4-c4ccccc4)cc3)cc(-c3ccc(-n4c5ccccc5c5ccccc54)cc3)n2)cc1.c1ccc(-c2nc(-c3ccc(-c4nn5c(-c6ccccc6)cc6ccccc6c5c4-c4ccccc4)cc3)cc(-c3cccc(-n4c5ccccc5c5ccccc54)c3)n2)cc1. The molecule has 124 heavy (non-hydrogen) atoms. The van der Waals surface area contributed by atoms with E-state index in [1.807, 2.05) is 36.4 Å². The molecule has 0 amide bonds. The lowest BCUT2D eigenvalue weighted by Crippen LogP contribution is -1.98. The second kappa shape index (κ2) is 30.8. The van der Waals surface area contributed by atoms with Gasteiger partial charge in [0.25, 0.3) is 0 Å². The third kappa shape index (κ3) is 12.9. The lowest BCUT2D eigenvalue weighted by Gasteiger charge is -2.12. The van der Waals surface area contributed by atoms with Crippen LogP contribution in [0.2, 0.25) is 0 Å². The maximum atomic E-state index is 5.45. The maximum absolute atomic E-state index is 5.45. The number of hydrogen-bond acceptors (Lipinski definition) is 6. The van der Waals surface area contributed by atoms with Crippen LogP contribution in [0.1, 0.15) is 0 Å². The Morgan fingerprint density at radius 2 is 0.460 bits per heavy atom. The first-order chi connectivity index (χ1) is 61.5. The van der Waals surface area contributed by atoms with Crippen molar-refractivity contribution in [1.82, 2.24) is 48.3 Å². The highest BCUT2D eigenvalue weighted by atomic mass is 15.2. The Balaban J connectivity index is 0.000000143. The van der Waals surface area contributed by atoms with Crippen LogP contribution in [0.4, 0.5) is 0 Å². The van der Waals surface area contributed by atoms with E-state index in [4.69, 9.17) is 30.1 Å². The molecule has 0 aliphatic heterocycles. The van der Waals surface area contributed by atoms with Crippen LogP contribution in [-0.4, -0.2) is 48.3 Å². The molecule has 0 fully saturated rings. The topological polar surface area (TPSA) is 96.0 Å². The van der Waals surface area contributed by atoms with Crippen LogP contribution in [0, 0.1) is 0 Å². The van der Waals surface area contributed by atoms with E-state index in [2.05, 4.69) is 431 Å². The predicted molar refractivity (Wildman–Crippen MR) is 510 cm³/mol. The van der Waals surface area contributed by atoms with Crippen molar-refractivity contribution >= 4 is 76.2 Å². The van der Waals surface area contributed by atoms with E-state index in [0.717, 1.165) is 157 Å². The van der Waals surface area contributed by atoms with Crippen molar-refractivity contribution in [2.24, 2.45) is 0 Å². The van der Waals surface area contributed by atoms with Gasteiger partial charge in [-0.2, -0.15) is 10.2 Å². The summed E-state index contributed by atoms with van der Waals surface area (Å²) in [7, 11) is 0. The van der Waals surface area contributed by atoms with Crippen molar-refractivity contribution in [3.63, 3.8) is 0 Å². The van der Waals surface area contributed by atoms with Crippen LogP contribution in [0.5, 0.6) is 0 Å². The molecule has 8 aromatic heterocycles. The molecule has 10 nitrogen and oxygen atoms in total. The Labute approximate surface area is 715 Å². The predicted octanol–water partition coefficient (Wildman–Crippen LogP) is 28.8. The monoisotopic (exact) mass is 1580 g/mol. The van der Waals surface area contributed by atoms with Crippen molar-refractivity contribution in [3.8, 4) is 146 Å². The van der Waals surface area contributed by atoms with E-state index in [-0.39, 0.29) is 0 Å². The van der Waals surface area contributed by atoms with Crippen molar-refractivity contribution in [2.45, 2.75) is 0 Å². The molecule has 0 aliphatic rings. The number of benzene rings is 16. The van der Waals surface area contributed by atoms with Crippen LogP contribution in [-0.2, 0) is 0 Å². The molecule has 16 aromatic carbocycles. The van der Waals surface area contributed by atoms with Gasteiger partial charge in [-0.25, -0.2) is 29.0 Å². The van der Waals surface area contributed by atoms with Crippen molar-refractivity contribution in [2.75, 3.05) is 0 Å². The Morgan fingerprint density at radius 3 is 0.831 bits per heavy atom. The Hall–Kier alpha value is -16.8. The summed E-state index contributed by atoms with van der Waals surface area (Å²) in [6, 6.07) is 158. The van der Waals surface area contributed by atoms with Gasteiger partial charge in [0.05, 0.1) is 67.3 Å². The second-order valence-corrected chi connectivity index (χ2v) is 31.3. The zero-order valence-electron chi connectivity index (χ0n) is 67.2. The molecule has 0 saturated carbocycles. The molecule has 0 bridgehead atoms. The highest BCUT2D eigenvalue weighted by Crippen LogP contribution is 2.46. The normalized spacial score (nSPS) is 11.5. The number of nitrogens with zero attached hydrogens (tertiary/aromatic N) is 10. The lowest BCUT2D eigenvalue weighted by atomic mass is 9.96. The molecule has 8 heterocycles. The number of hydrogen-bond donors (Lipinski definition) is 0. The van der Waals surface area contributed by atoms with Gasteiger partial charge in [-0.15, -0.1) is 0 Å². The molecular formula is C114H74N10. The summed E-state index contributed by atoms with van der Waals surface area (Å²) in [4.78, 5) is 20.7. The van der Waals surface area contributed by atoms with Gasteiger partial charge >= 0.3 is 0 Å². The third-order valence-corrected chi connectivity index (χ3v) is 23.9. The number of aromatic nitrogens is 10. The fourth-order valence-electron chi connectivity index (χ4n) is 18.1. The van der Waals surface area contributed by atoms with Crippen molar-refractivity contribution in [3.05, 3.63) is 449 Å². The molecule has 0 radical (unpaired) electrons. The van der Waals surface area contributed by atoms with E-state index in [9.17, 15) is 0 Å². The molecule has 24 rings (SSSR count). The van der Waals surface area contributed by atoms with Crippen LogP contribution >= 0.6 is 0 Å². The van der Waals surface area contributed by atoms with Crippen LogP contribution in [0.3, 0.4) is 0 Å². The van der Waals surface area contributed by atoms with Crippen LogP contribution in [0.25, 0.3) is 223 Å². The van der Waals surface area contributed by atoms with Gasteiger partial charge in [-0.1, -0.05) is 376 Å². The third-order valence-electron chi connectivity index (χ3n) is 23.9. The summed E-state index contributed by atoms with van der Waals surface area (Å²) in [5.74, 6) is 1.36. The first-order valence-corrected chi connectivity index (χ1v) is 41.9. The highest BCUT2D eigenvalue weighted by Gasteiger charge is 2.26. The smallest absolute Gasteiger partial charge is 0.160 e.